The third kappa shape index (κ3) is 5.84. The summed E-state index contributed by atoms with van der Waals surface area (Å²) in [6.45, 7) is 1.46. The Bertz CT molecular complexity index is 1630. The second-order valence-corrected chi connectivity index (χ2v) is 9.26. The van der Waals surface area contributed by atoms with Crippen LogP contribution < -0.4 is 9.47 Å². The first kappa shape index (κ1) is 29.8. The molecule has 12 nitrogen and oxygen atoms in total. The molecule has 4 aromatic carbocycles. The summed E-state index contributed by atoms with van der Waals surface area (Å²) >= 11 is 0. The second-order valence-electron chi connectivity index (χ2n) is 9.26. The van der Waals surface area contributed by atoms with E-state index in [2.05, 4.69) is 0 Å². The molecule has 0 aliphatic rings. The van der Waals surface area contributed by atoms with Crippen molar-refractivity contribution in [3.05, 3.63) is 118 Å². The third-order valence-electron chi connectivity index (χ3n) is 6.69. The number of ether oxygens (including phenoxy) is 2. The van der Waals surface area contributed by atoms with E-state index in [-0.39, 0.29) is 23.0 Å². The van der Waals surface area contributed by atoms with Crippen molar-refractivity contribution in [3.8, 4) is 23.0 Å². The predicted molar refractivity (Wildman–Crippen MR) is 148 cm³/mol. The lowest BCUT2D eigenvalue weighted by molar-refractivity contribution is -0.141. The van der Waals surface area contributed by atoms with Gasteiger partial charge in [0.1, 0.15) is 39.5 Å². The van der Waals surface area contributed by atoms with Gasteiger partial charge in [0.15, 0.2) is 0 Å². The molecule has 0 unspecified atom stereocenters. The number of hydrogen-bond donors (Lipinski definition) is 5. The van der Waals surface area contributed by atoms with Crippen LogP contribution >= 0.6 is 0 Å². The van der Waals surface area contributed by atoms with E-state index in [9.17, 15) is 49.5 Å². The van der Waals surface area contributed by atoms with Gasteiger partial charge in [0.05, 0.1) is 11.1 Å². The molecule has 0 radical (unpaired) electrons. The van der Waals surface area contributed by atoms with E-state index in [1.54, 1.807) is 0 Å². The number of carbonyl (C=O) groups is 5. The number of carboxylic acid groups (broad SMARTS) is 5. The van der Waals surface area contributed by atoms with Gasteiger partial charge in [-0.3, -0.25) is 4.79 Å². The van der Waals surface area contributed by atoms with Crippen molar-refractivity contribution in [1.29, 1.82) is 0 Å². The number of rotatable bonds is 11. The van der Waals surface area contributed by atoms with Crippen LogP contribution in [0.2, 0.25) is 0 Å². The van der Waals surface area contributed by atoms with E-state index < -0.39 is 57.5 Å². The number of aromatic carboxylic acids is 4. The highest BCUT2D eigenvalue weighted by molar-refractivity contribution is 6.04. The molecular weight excluding hydrogens is 564 g/mol. The molecule has 0 bridgehead atoms. The van der Waals surface area contributed by atoms with E-state index in [0.29, 0.717) is 11.1 Å². The summed E-state index contributed by atoms with van der Waals surface area (Å²) in [5, 5.41) is 47.9. The van der Waals surface area contributed by atoms with Crippen molar-refractivity contribution in [1.82, 2.24) is 0 Å². The molecule has 0 heterocycles. The first-order valence-electron chi connectivity index (χ1n) is 12.3. The molecule has 218 valence electrons. The van der Waals surface area contributed by atoms with Crippen molar-refractivity contribution in [2.24, 2.45) is 0 Å². The maximum absolute atomic E-state index is 12.5. The molecule has 0 saturated heterocycles. The Balaban J connectivity index is 1.63. The van der Waals surface area contributed by atoms with E-state index >= 15 is 0 Å². The highest BCUT2D eigenvalue weighted by Crippen LogP contribution is 2.37. The van der Waals surface area contributed by atoms with Gasteiger partial charge in [-0.2, -0.15) is 0 Å². The second kappa shape index (κ2) is 11.7. The van der Waals surface area contributed by atoms with E-state index in [1.165, 1.54) is 79.7 Å². The zero-order chi connectivity index (χ0) is 31.5. The van der Waals surface area contributed by atoms with Gasteiger partial charge in [0, 0.05) is 0 Å². The molecule has 0 aromatic heterocycles. The lowest BCUT2D eigenvalue weighted by atomic mass is 9.76. The number of carboxylic acids is 5. The minimum atomic E-state index is -1.60. The molecule has 43 heavy (non-hydrogen) atoms. The Morgan fingerprint density at radius 3 is 1.14 bits per heavy atom. The molecule has 0 saturated carbocycles. The monoisotopic (exact) mass is 586 g/mol. The highest BCUT2D eigenvalue weighted by atomic mass is 16.5. The van der Waals surface area contributed by atoms with Crippen LogP contribution in [0.5, 0.6) is 23.0 Å². The van der Waals surface area contributed by atoms with Crippen molar-refractivity contribution in [2.75, 3.05) is 0 Å². The first-order chi connectivity index (χ1) is 20.3. The highest BCUT2D eigenvalue weighted by Gasteiger charge is 2.37. The molecular formula is C31H22O12. The summed E-state index contributed by atoms with van der Waals surface area (Å²) in [5.41, 5.74) is -2.95. The average molecular weight is 587 g/mol. The van der Waals surface area contributed by atoms with Crippen molar-refractivity contribution in [3.63, 3.8) is 0 Å². The number of benzene rings is 4. The summed E-state index contributed by atoms with van der Waals surface area (Å²) < 4.78 is 11.3. The van der Waals surface area contributed by atoms with Crippen LogP contribution in [0.4, 0.5) is 0 Å². The zero-order valence-electron chi connectivity index (χ0n) is 22.2. The molecule has 0 amide bonds. The van der Waals surface area contributed by atoms with Crippen molar-refractivity contribution in [2.45, 2.75) is 12.3 Å². The van der Waals surface area contributed by atoms with Crippen LogP contribution in [0.15, 0.2) is 84.9 Å². The zero-order valence-corrected chi connectivity index (χ0v) is 22.2. The molecule has 0 aliphatic carbocycles. The Kier molecular flexibility index (Phi) is 8.14. The van der Waals surface area contributed by atoms with Gasteiger partial charge in [0.25, 0.3) is 0 Å². The van der Waals surface area contributed by atoms with Gasteiger partial charge in [0.2, 0.25) is 0 Å². The summed E-state index contributed by atoms with van der Waals surface area (Å²) in [4.78, 5) is 58.8. The molecule has 0 atom stereocenters. The summed E-state index contributed by atoms with van der Waals surface area (Å²) in [6.07, 6.45) is 0. The SMILES string of the molecule is CC(C(=O)O)(c1ccc(Oc2cccc(C(=O)O)c2C(=O)O)cc1)c1ccc(Oc2cccc(C(=O)O)c2C(=O)O)cc1. The summed E-state index contributed by atoms with van der Waals surface area (Å²) in [5.74, 6) is -7.25. The molecule has 0 fully saturated rings. The summed E-state index contributed by atoms with van der Waals surface area (Å²) in [7, 11) is 0. The van der Waals surface area contributed by atoms with Crippen LogP contribution in [0, 0.1) is 0 Å². The average Bonchev–Trinajstić information content (AvgIpc) is 2.96. The molecule has 5 N–H and O–H groups in total. The summed E-state index contributed by atoms with van der Waals surface area (Å²) in [6, 6.07) is 19.0. The van der Waals surface area contributed by atoms with Crippen LogP contribution in [0.1, 0.15) is 59.5 Å². The number of hydrogen-bond acceptors (Lipinski definition) is 7. The number of aliphatic carboxylic acids is 1. The lowest BCUT2D eigenvalue weighted by Crippen LogP contribution is -2.33. The van der Waals surface area contributed by atoms with Gasteiger partial charge in [-0.1, -0.05) is 36.4 Å². The standard InChI is InChI=1S/C31H22O12/c1-31(30(40)41,16-8-12-18(13-9-16)42-22-6-2-4-20(26(32)33)24(22)28(36)37)17-10-14-19(15-11-17)43-23-7-3-5-21(27(34)35)25(23)29(38)39/h2-15H,1H3,(H,32,33)(H,34,35)(H,36,37)(H,38,39)(H,40,41). The van der Waals surface area contributed by atoms with Crippen molar-refractivity contribution >= 4 is 29.8 Å². The Labute approximate surface area is 242 Å². The first-order valence-corrected chi connectivity index (χ1v) is 12.3. The van der Waals surface area contributed by atoms with Crippen molar-refractivity contribution < 1.29 is 59.0 Å². The molecule has 0 aliphatic heterocycles. The van der Waals surface area contributed by atoms with E-state index in [0.717, 1.165) is 12.1 Å². The fourth-order valence-corrected chi connectivity index (χ4v) is 4.41. The Morgan fingerprint density at radius 1 is 0.512 bits per heavy atom. The molecule has 4 rings (SSSR count). The topological polar surface area (TPSA) is 205 Å². The molecule has 0 spiro atoms. The van der Waals surface area contributed by atoms with Gasteiger partial charge in [-0.25, -0.2) is 19.2 Å². The van der Waals surface area contributed by atoms with Gasteiger partial charge in [-0.05, 0) is 66.6 Å². The van der Waals surface area contributed by atoms with Crippen LogP contribution in [-0.2, 0) is 10.2 Å². The third-order valence-corrected chi connectivity index (χ3v) is 6.69. The maximum atomic E-state index is 12.5. The van der Waals surface area contributed by atoms with Gasteiger partial charge < -0.3 is 35.0 Å². The smallest absolute Gasteiger partial charge is 0.340 e. The van der Waals surface area contributed by atoms with E-state index in [1.807, 2.05) is 0 Å². The van der Waals surface area contributed by atoms with Gasteiger partial charge >= 0.3 is 29.8 Å². The normalized spacial score (nSPS) is 10.9. The quantitative estimate of drug-likeness (QED) is 0.149. The molecule has 4 aromatic rings. The minimum Gasteiger partial charge on any atom is -0.480 e. The Hall–Kier alpha value is -6.17. The Morgan fingerprint density at radius 2 is 0.860 bits per heavy atom. The van der Waals surface area contributed by atoms with E-state index in [4.69, 9.17) is 9.47 Å². The minimum absolute atomic E-state index is 0.128. The lowest BCUT2D eigenvalue weighted by Gasteiger charge is -2.26. The maximum Gasteiger partial charge on any atom is 0.340 e. The molecule has 12 heteroatoms. The fraction of sp³-hybridized carbons (Fsp3) is 0.0645. The predicted octanol–water partition coefficient (Wildman–Crippen LogP) is 5.45. The largest absolute Gasteiger partial charge is 0.480 e. The van der Waals surface area contributed by atoms with Crippen LogP contribution in [0.25, 0.3) is 0 Å². The van der Waals surface area contributed by atoms with Crippen LogP contribution in [-0.4, -0.2) is 55.4 Å². The van der Waals surface area contributed by atoms with Gasteiger partial charge in [-0.15, -0.1) is 0 Å². The fourth-order valence-electron chi connectivity index (χ4n) is 4.41. The van der Waals surface area contributed by atoms with Crippen LogP contribution in [0.3, 0.4) is 0 Å².